The third kappa shape index (κ3) is 4.28. The van der Waals surface area contributed by atoms with Crippen molar-refractivity contribution in [1.29, 1.82) is 0 Å². The van der Waals surface area contributed by atoms with E-state index in [1.165, 1.54) is 17.7 Å². The van der Waals surface area contributed by atoms with Crippen LogP contribution in [0.3, 0.4) is 0 Å². The number of halogens is 1. The molecule has 8 heteroatoms. The van der Waals surface area contributed by atoms with Crippen molar-refractivity contribution in [1.82, 2.24) is 25.2 Å². The molecule has 0 amide bonds. The monoisotopic (exact) mass is 494 g/mol. The van der Waals surface area contributed by atoms with E-state index < -0.39 is 6.04 Å². The van der Waals surface area contributed by atoms with Gasteiger partial charge in [-0.1, -0.05) is 42.0 Å². The van der Waals surface area contributed by atoms with E-state index >= 15 is 0 Å². The minimum absolute atomic E-state index is 0.163. The van der Waals surface area contributed by atoms with Crippen molar-refractivity contribution in [3.63, 3.8) is 0 Å². The number of hydrogen-bond donors (Lipinski definition) is 1. The first kappa shape index (κ1) is 23.1. The van der Waals surface area contributed by atoms with E-state index in [-0.39, 0.29) is 11.4 Å². The molecule has 0 radical (unpaired) electrons. The fourth-order valence-corrected chi connectivity index (χ4v) is 5.47. The van der Waals surface area contributed by atoms with Gasteiger partial charge < -0.3 is 9.88 Å². The molecular formula is C29H27FN6O. The molecule has 0 spiro atoms. The zero-order chi connectivity index (χ0) is 25.5. The molecule has 1 N–H and O–H groups in total. The molecule has 0 saturated carbocycles. The van der Waals surface area contributed by atoms with E-state index in [4.69, 9.17) is 0 Å². The molecule has 0 aliphatic carbocycles. The summed E-state index contributed by atoms with van der Waals surface area (Å²) in [5, 5.41) is 13.7. The summed E-state index contributed by atoms with van der Waals surface area (Å²) < 4.78 is 15.2. The number of H-pyrrole nitrogens is 1. The Balaban J connectivity index is 1.54. The summed E-state index contributed by atoms with van der Waals surface area (Å²) in [7, 11) is 0. The molecule has 6 rings (SSSR count). The third-order valence-corrected chi connectivity index (χ3v) is 7.12. The number of nitrogens with one attached hydrogen (secondary N) is 1. The molecular weight excluding hydrogens is 467 g/mol. The summed E-state index contributed by atoms with van der Waals surface area (Å²) in [6.07, 6.45) is 1.93. The number of rotatable bonds is 5. The van der Waals surface area contributed by atoms with Crippen LogP contribution in [0.1, 0.15) is 46.1 Å². The molecule has 1 atom stereocenters. The predicted octanol–water partition coefficient (Wildman–Crippen LogP) is 4.86. The second-order valence-electron chi connectivity index (χ2n) is 9.75. The predicted molar refractivity (Wildman–Crippen MR) is 141 cm³/mol. The van der Waals surface area contributed by atoms with Crippen LogP contribution >= 0.6 is 0 Å². The van der Waals surface area contributed by atoms with Crippen molar-refractivity contribution in [2.75, 3.05) is 11.4 Å². The number of aromatic amines is 1. The quantitative estimate of drug-likeness (QED) is 0.377. The lowest BCUT2D eigenvalue weighted by Gasteiger charge is -2.37. The molecule has 0 unspecified atom stereocenters. The Labute approximate surface area is 213 Å². The molecule has 186 valence electrons. The fraction of sp³-hybridized carbons (Fsp3) is 0.241. The number of aromatic nitrogens is 5. The molecule has 0 fully saturated rings. The zero-order valence-corrected chi connectivity index (χ0v) is 20.8. The summed E-state index contributed by atoms with van der Waals surface area (Å²) >= 11 is 0. The van der Waals surface area contributed by atoms with Gasteiger partial charge in [-0.05, 0) is 89.5 Å². The SMILES string of the molecule is Cc1cc(C)c2[nH]c(=O)c([C@H](c3nnnn3Cc3ccc(F)cc3)N3CCCc4ccccc43)cc2c1. The minimum atomic E-state index is -0.508. The molecule has 37 heavy (non-hydrogen) atoms. The van der Waals surface area contributed by atoms with Crippen LogP contribution in [0.4, 0.5) is 10.1 Å². The normalized spacial score (nSPS) is 14.1. The van der Waals surface area contributed by atoms with Gasteiger partial charge in [-0.3, -0.25) is 4.79 Å². The number of pyridine rings is 1. The highest BCUT2D eigenvalue weighted by atomic mass is 19.1. The smallest absolute Gasteiger partial charge is 0.254 e. The Morgan fingerprint density at radius 2 is 1.86 bits per heavy atom. The number of tetrazole rings is 1. The number of para-hydroxylation sites is 1. The number of benzene rings is 3. The topological polar surface area (TPSA) is 79.7 Å². The van der Waals surface area contributed by atoms with Gasteiger partial charge in [0.25, 0.3) is 5.56 Å². The van der Waals surface area contributed by atoms with E-state index in [2.05, 4.69) is 56.6 Å². The largest absolute Gasteiger partial charge is 0.357 e. The maximum Gasteiger partial charge on any atom is 0.254 e. The molecule has 3 aromatic carbocycles. The van der Waals surface area contributed by atoms with Crippen molar-refractivity contribution in [2.24, 2.45) is 0 Å². The average Bonchev–Trinajstić information content (AvgIpc) is 3.34. The number of hydrogen-bond acceptors (Lipinski definition) is 5. The van der Waals surface area contributed by atoms with Crippen LogP contribution in [0.2, 0.25) is 0 Å². The van der Waals surface area contributed by atoms with Gasteiger partial charge in [0.05, 0.1) is 12.1 Å². The van der Waals surface area contributed by atoms with E-state index in [0.29, 0.717) is 17.9 Å². The first-order valence-corrected chi connectivity index (χ1v) is 12.5. The van der Waals surface area contributed by atoms with Crippen molar-refractivity contribution in [3.8, 4) is 0 Å². The molecule has 5 aromatic rings. The van der Waals surface area contributed by atoms with Crippen LogP contribution in [0, 0.1) is 19.7 Å². The lowest BCUT2D eigenvalue weighted by Crippen LogP contribution is -2.38. The highest BCUT2D eigenvalue weighted by Crippen LogP contribution is 2.37. The summed E-state index contributed by atoms with van der Waals surface area (Å²) in [6, 6.07) is 20.2. The highest BCUT2D eigenvalue weighted by molar-refractivity contribution is 5.83. The van der Waals surface area contributed by atoms with Crippen LogP contribution in [0.25, 0.3) is 10.9 Å². The zero-order valence-electron chi connectivity index (χ0n) is 20.8. The van der Waals surface area contributed by atoms with Crippen LogP contribution in [0.5, 0.6) is 0 Å². The Kier molecular flexibility index (Phi) is 5.79. The van der Waals surface area contributed by atoms with Gasteiger partial charge >= 0.3 is 0 Å². The van der Waals surface area contributed by atoms with E-state index in [1.54, 1.807) is 16.8 Å². The lowest BCUT2D eigenvalue weighted by molar-refractivity contribution is 0.554. The molecule has 1 aliphatic rings. The van der Waals surface area contributed by atoms with Gasteiger partial charge in [0, 0.05) is 17.8 Å². The van der Waals surface area contributed by atoms with Crippen molar-refractivity contribution >= 4 is 16.6 Å². The lowest BCUT2D eigenvalue weighted by atomic mass is 9.95. The molecule has 0 saturated heterocycles. The molecule has 1 aliphatic heterocycles. The first-order chi connectivity index (χ1) is 18.0. The third-order valence-electron chi connectivity index (χ3n) is 7.12. The van der Waals surface area contributed by atoms with Gasteiger partial charge in [0.1, 0.15) is 11.9 Å². The fourth-order valence-electron chi connectivity index (χ4n) is 5.47. The second-order valence-corrected chi connectivity index (χ2v) is 9.75. The van der Waals surface area contributed by atoms with Crippen LogP contribution in [-0.4, -0.2) is 31.7 Å². The van der Waals surface area contributed by atoms with Gasteiger partial charge in [-0.15, -0.1) is 5.10 Å². The van der Waals surface area contributed by atoms with Crippen LogP contribution in [0.15, 0.2) is 71.5 Å². The van der Waals surface area contributed by atoms with Gasteiger partial charge in [-0.25, -0.2) is 9.07 Å². The number of aryl methyl sites for hydroxylation is 3. The number of anilines is 1. The highest BCUT2D eigenvalue weighted by Gasteiger charge is 2.33. The van der Waals surface area contributed by atoms with Crippen LogP contribution in [-0.2, 0) is 13.0 Å². The standard InChI is InChI=1S/C29H27FN6O/c1-18-14-19(2)26-22(15-18)16-24(29(37)31-26)27(35-13-5-7-21-6-3-4-8-25(21)35)28-32-33-34-36(28)17-20-9-11-23(30)12-10-20/h3-4,6,8-12,14-16,27H,5,7,13,17H2,1-2H3,(H,31,37)/t27-/m1/s1. The summed E-state index contributed by atoms with van der Waals surface area (Å²) in [5.74, 6) is 0.270. The van der Waals surface area contributed by atoms with Crippen molar-refractivity contribution < 1.29 is 4.39 Å². The van der Waals surface area contributed by atoms with E-state index in [0.717, 1.165) is 52.7 Å². The Hall–Kier alpha value is -4.33. The van der Waals surface area contributed by atoms with E-state index in [9.17, 15) is 9.18 Å². The Bertz CT molecular complexity index is 1660. The molecule has 2 aromatic heterocycles. The van der Waals surface area contributed by atoms with Crippen LogP contribution < -0.4 is 10.5 Å². The van der Waals surface area contributed by atoms with Gasteiger partial charge in [0.2, 0.25) is 0 Å². The summed E-state index contributed by atoms with van der Waals surface area (Å²) in [5.41, 5.74) is 6.60. The summed E-state index contributed by atoms with van der Waals surface area (Å²) in [6.45, 7) is 5.18. The van der Waals surface area contributed by atoms with Crippen molar-refractivity contribution in [2.45, 2.75) is 39.3 Å². The minimum Gasteiger partial charge on any atom is -0.357 e. The maximum absolute atomic E-state index is 13.7. The summed E-state index contributed by atoms with van der Waals surface area (Å²) in [4.78, 5) is 19.0. The van der Waals surface area contributed by atoms with Gasteiger partial charge in [-0.2, -0.15) is 0 Å². The number of fused-ring (bicyclic) bond motifs is 2. The average molecular weight is 495 g/mol. The Morgan fingerprint density at radius 3 is 2.70 bits per heavy atom. The van der Waals surface area contributed by atoms with Gasteiger partial charge in [0.15, 0.2) is 5.82 Å². The van der Waals surface area contributed by atoms with Crippen molar-refractivity contribution in [3.05, 3.63) is 117 Å². The van der Waals surface area contributed by atoms with E-state index in [1.807, 2.05) is 25.1 Å². The Morgan fingerprint density at radius 1 is 1.05 bits per heavy atom. The molecule has 0 bridgehead atoms. The first-order valence-electron chi connectivity index (χ1n) is 12.5. The maximum atomic E-state index is 13.7. The second kappa shape index (κ2) is 9.28. The molecule has 3 heterocycles. The number of nitrogens with zero attached hydrogens (tertiary/aromatic N) is 5. The molecule has 7 nitrogen and oxygen atoms in total.